The molecule has 11 N–H and O–H groups in total. The lowest BCUT2D eigenvalue weighted by Crippen LogP contribution is -2.71. The Kier molecular flexibility index (Phi) is 16.6. The van der Waals surface area contributed by atoms with Crippen molar-refractivity contribution < 1.29 is 85.6 Å². The van der Waals surface area contributed by atoms with Gasteiger partial charge in [-0.1, -0.05) is 16.8 Å². The lowest BCUT2D eigenvalue weighted by molar-refractivity contribution is -0.304. The minimum absolute atomic E-state index is 0.0183. The molecule has 0 unspecified atom stereocenters. The first-order chi connectivity index (χ1) is 33.4. The number of β-lactam (4-membered cyclic amide) rings is 1. The second-order valence-electron chi connectivity index (χ2n) is 17.4. The summed E-state index contributed by atoms with van der Waals surface area (Å²) in [6, 6.07) is 4.80. The van der Waals surface area contributed by atoms with E-state index in [-0.39, 0.29) is 48.7 Å². The number of aryl methyl sites for hydroxylation is 1. The topological polar surface area (TPSA) is 402 Å². The van der Waals surface area contributed by atoms with Gasteiger partial charge in [-0.05, 0) is 97.7 Å². The number of carbonyl (C=O) groups is 5. The number of phenols is 1. The van der Waals surface area contributed by atoms with Crippen molar-refractivity contribution in [2.45, 2.75) is 110 Å². The zero-order chi connectivity index (χ0) is 53.9. The molecule has 72 heavy (non-hydrogen) atoms. The fraction of sp³-hybridized carbons (Fsp3) is 0.409. The third-order valence-electron chi connectivity index (χ3n) is 11.1. The number of nitrogen functional groups attached to an aromatic ring is 1. The van der Waals surface area contributed by atoms with Crippen molar-refractivity contribution in [3.8, 4) is 17.2 Å². The van der Waals surface area contributed by atoms with E-state index in [1.54, 1.807) is 20.8 Å². The number of benzene rings is 2. The summed E-state index contributed by atoms with van der Waals surface area (Å²) in [5.74, 6) is -4.46. The predicted octanol–water partition coefficient (Wildman–Crippen LogP) is 2.45. The number of anilines is 2. The third kappa shape index (κ3) is 12.2. The highest BCUT2D eigenvalue weighted by molar-refractivity contribution is 7.84. The van der Waals surface area contributed by atoms with Crippen LogP contribution in [0.5, 0.6) is 17.2 Å². The molecule has 0 saturated carbocycles. The molecule has 28 heteroatoms. The average molecular weight is 1050 g/mol. The number of nitrogens with two attached hydrogens (primary N) is 2. The largest absolute Gasteiger partial charge is 0.508 e. The number of aliphatic hydroxyl groups is 1. The number of hydrogen-bond donors (Lipinski definition) is 9. The van der Waals surface area contributed by atoms with Gasteiger partial charge in [0.1, 0.15) is 34.9 Å². The number of aromatic nitrogens is 1. The number of fused-ring (bicyclic) bond motifs is 1. The molecule has 6 rings (SSSR count). The molecule has 4 aromatic rings. The van der Waals surface area contributed by atoms with Gasteiger partial charge in [0.05, 0.1) is 17.0 Å². The molecule has 0 aliphatic carbocycles. The Hall–Kier alpha value is -7.37. The molecule has 2 fully saturated rings. The van der Waals surface area contributed by atoms with Crippen molar-refractivity contribution in [1.82, 2.24) is 14.6 Å². The average Bonchev–Trinajstić information content (AvgIpc) is 3.71. The van der Waals surface area contributed by atoms with Gasteiger partial charge in [0.2, 0.25) is 11.9 Å². The van der Waals surface area contributed by atoms with E-state index in [1.165, 1.54) is 63.6 Å². The van der Waals surface area contributed by atoms with Crippen LogP contribution in [0.1, 0.15) is 75.6 Å². The van der Waals surface area contributed by atoms with Crippen LogP contribution in [-0.2, 0) is 50.2 Å². The van der Waals surface area contributed by atoms with Gasteiger partial charge in [-0.25, -0.2) is 23.7 Å². The number of methoxy groups -OCH3 is 1. The van der Waals surface area contributed by atoms with Crippen LogP contribution in [0.4, 0.5) is 15.6 Å². The van der Waals surface area contributed by atoms with E-state index in [4.69, 9.17) is 49.3 Å². The number of hydrogen-bond acceptors (Lipinski definition) is 21. The Balaban J connectivity index is 0.000000296. The molecule has 2 aliphatic rings. The Morgan fingerprint density at radius 2 is 1.78 bits per heavy atom. The Bertz CT molecular complexity index is 3020. The summed E-state index contributed by atoms with van der Waals surface area (Å²) in [6.07, 6.45) is -3.81. The molecule has 6 atom stereocenters. The highest BCUT2D eigenvalue weighted by Crippen LogP contribution is 2.39. The SMILES string of the molecule is CO[C@@H]1[C@@H](OC(N)=O)[C@@H](O)[C@H](Oc2ccc3c(O)c(NC(=O)c4ccc(O)c(CC=C(C)C)c4)c(=O)oc3c2C)OC1(C)C.C[C@H]1[C@H](NC(=O)/C(=N\OC(C)(C)C(=O)O)c2csc(N)n2)C(=O)N1S(=O)(=O)O. The number of thiazole rings is 1. The van der Waals surface area contributed by atoms with Crippen molar-refractivity contribution in [2.75, 3.05) is 18.2 Å². The number of ether oxygens (including phenoxy) is 4. The molecule has 2 aromatic heterocycles. The summed E-state index contributed by atoms with van der Waals surface area (Å²) in [6.45, 7) is 12.4. The standard InChI is InChI=1S/C31H36N2O11.C13H17N5O8S2/c1-14(2)7-8-16-13-17(9-11-19(16)34)27(37)33-21-22(35)18-10-12-20(15(3)24(18)42-28(21)38)41-29-23(36)25(43-30(32)39)26(40-6)31(4,5)44-29;1-5-7(10(20)18(5)28(23,24)25)16-9(19)8(6-4-27-12(14)15-6)17-26-13(2,3)11(21)22/h7,9-13,23,25-26,29,34-36H,8H2,1-6H3,(H2,32,39)(H,33,37);4-5,7H,1-3H3,(H2,14,15)(H,16,19)(H,21,22)(H,23,24,25)/b;17-8-/t23-,25+,26-,29-;5-,7-/m10/s1. The molecule has 4 amide bonds. The number of carbonyl (C=O) groups excluding carboxylic acids is 4. The van der Waals surface area contributed by atoms with Crippen LogP contribution in [0.15, 0.2) is 61.7 Å². The highest BCUT2D eigenvalue weighted by atomic mass is 32.2. The number of carboxylic acids is 1. The molecule has 0 radical (unpaired) electrons. The number of amides is 4. The monoisotopic (exact) mass is 1050 g/mol. The number of phenolic OH excluding ortho intramolecular Hbond substituents is 1. The predicted molar refractivity (Wildman–Crippen MR) is 255 cm³/mol. The van der Waals surface area contributed by atoms with E-state index in [9.17, 15) is 52.5 Å². The Morgan fingerprint density at radius 3 is 2.33 bits per heavy atom. The lowest BCUT2D eigenvalue weighted by atomic mass is 9.89. The van der Waals surface area contributed by atoms with E-state index in [0.717, 1.165) is 16.9 Å². The summed E-state index contributed by atoms with van der Waals surface area (Å²) >= 11 is 0.980. The molecular weight excluding hydrogens is 995 g/mol. The van der Waals surface area contributed by atoms with E-state index in [0.29, 0.717) is 12.0 Å². The van der Waals surface area contributed by atoms with Crippen LogP contribution < -0.4 is 32.5 Å². The maximum Gasteiger partial charge on any atom is 0.404 e. The van der Waals surface area contributed by atoms with Gasteiger partial charge < -0.3 is 70.7 Å². The van der Waals surface area contributed by atoms with Crippen molar-refractivity contribution in [3.63, 3.8) is 0 Å². The second kappa shape index (κ2) is 21.5. The van der Waals surface area contributed by atoms with Crippen molar-refractivity contribution in [3.05, 3.63) is 80.2 Å². The van der Waals surface area contributed by atoms with Gasteiger partial charge in [0.15, 0.2) is 34.5 Å². The van der Waals surface area contributed by atoms with Gasteiger partial charge in [-0.2, -0.15) is 8.42 Å². The summed E-state index contributed by atoms with van der Waals surface area (Å²) in [5.41, 5.74) is 7.79. The number of carboxylic acid groups (broad SMARTS) is 1. The lowest BCUT2D eigenvalue weighted by Gasteiger charge is -2.47. The molecule has 0 bridgehead atoms. The molecule has 2 aliphatic heterocycles. The van der Waals surface area contributed by atoms with E-state index in [2.05, 4.69) is 20.8 Å². The van der Waals surface area contributed by atoms with Crippen LogP contribution >= 0.6 is 11.3 Å². The number of nitrogens with one attached hydrogen (secondary N) is 2. The third-order valence-corrected chi connectivity index (χ3v) is 12.7. The smallest absolute Gasteiger partial charge is 0.404 e. The number of allylic oxidation sites excluding steroid dienone is 2. The summed E-state index contributed by atoms with van der Waals surface area (Å²) in [7, 11) is -3.39. The number of oxime groups is 1. The number of aromatic hydroxyl groups is 2. The Labute approximate surface area is 414 Å². The first-order valence-electron chi connectivity index (χ1n) is 21.3. The molecular formula is C44H53N7O19S2. The minimum Gasteiger partial charge on any atom is -0.508 e. The van der Waals surface area contributed by atoms with E-state index < -0.39 is 111 Å². The normalized spacial score (nSPS) is 20.8. The minimum atomic E-state index is -4.76. The number of primary amides is 1. The van der Waals surface area contributed by atoms with Gasteiger partial charge in [0, 0.05) is 23.6 Å². The van der Waals surface area contributed by atoms with Gasteiger partial charge in [0.25, 0.3) is 17.7 Å². The van der Waals surface area contributed by atoms with E-state index in [1.807, 2.05) is 19.9 Å². The van der Waals surface area contributed by atoms with Gasteiger partial charge in [-0.3, -0.25) is 18.9 Å². The van der Waals surface area contributed by atoms with Crippen LogP contribution in [0.3, 0.4) is 0 Å². The zero-order valence-electron chi connectivity index (χ0n) is 40.0. The second-order valence-corrected chi connectivity index (χ2v) is 19.6. The maximum absolute atomic E-state index is 13.0. The quantitative estimate of drug-likeness (QED) is 0.0206. The first kappa shape index (κ1) is 55.6. The number of nitrogens with zero attached hydrogens (tertiary/aromatic N) is 3. The Morgan fingerprint density at radius 1 is 1.11 bits per heavy atom. The molecule has 26 nitrogen and oxygen atoms in total. The molecule has 390 valence electrons. The molecule has 2 aromatic carbocycles. The fourth-order valence-corrected chi connectivity index (χ4v) is 8.61. The zero-order valence-corrected chi connectivity index (χ0v) is 41.6. The first-order valence-corrected chi connectivity index (χ1v) is 23.6. The van der Waals surface area contributed by atoms with Gasteiger partial charge in [-0.15, -0.1) is 11.3 Å². The molecule has 4 heterocycles. The fourth-order valence-electron chi connectivity index (χ4n) is 7.18. The number of aliphatic hydroxyl groups excluding tert-OH is 1. The van der Waals surface area contributed by atoms with Crippen molar-refractivity contribution in [2.24, 2.45) is 10.9 Å². The summed E-state index contributed by atoms with van der Waals surface area (Å²) in [5, 5.41) is 50.9. The molecule has 2 saturated heterocycles. The highest BCUT2D eigenvalue weighted by Gasteiger charge is 2.54. The molecule has 0 spiro atoms. The van der Waals surface area contributed by atoms with Crippen molar-refractivity contribution >= 4 is 78.9 Å². The number of aliphatic carboxylic acids is 1. The van der Waals surface area contributed by atoms with Gasteiger partial charge >= 0.3 is 28.0 Å². The maximum atomic E-state index is 13.0. The van der Waals surface area contributed by atoms with Crippen LogP contribution in [0.25, 0.3) is 11.0 Å². The summed E-state index contributed by atoms with van der Waals surface area (Å²) < 4.78 is 59.3. The summed E-state index contributed by atoms with van der Waals surface area (Å²) in [4.78, 5) is 81.9. The van der Waals surface area contributed by atoms with E-state index >= 15 is 0 Å². The van der Waals surface area contributed by atoms with Crippen LogP contribution in [0, 0.1) is 6.92 Å². The van der Waals surface area contributed by atoms with Crippen LogP contribution in [0.2, 0.25) is 0 Å². The number of rotatable bonds is 15. The van der Waals surface area contributed by atoms with Crippen molar-refractivity contribution in [1.29, 1.82) is 0 Å². The van der Waals surface area contributed by atoms with Crippen LogP contribution in [-0.4, -0.2) is 133 Å².